The highest BCUT2D eigenvalue weighted by atomic mass is 79.9. The third-order valence-corrected chi connectivity index (χ3v) is 3.13. The average Bonchev–Trinajstić information content (AvgIpc) is 2.48. The maximum absolute atomic E-state index is 9.91. The number of hydrogen-bond donors (Lipinski definition) is 1. The number of halogens is 1. The molecule has 1 aromatic heterocycles. The molecule has 1 atom stereocenters. The van der Waals surface area contributed by atoms with Gasteiger partial charge < -0.3 is 5.11 Å². The first kappa shape index (κ1) is 11.7. The van der Waals surface area contributed by atoms with Crippen LogP contribution < -0.4 is 0 Å². The zero-order valence-corrected chi connectivity index (χ0v) is 10.4. The Balaban J connectivity index is 0.000000461. The summed E-state index contributed by atoms with van der Waals surface area (Å²) in [6.45, 7) is 5.84. The molecule has 78 valence electrons. The summed E-state index contributed by atoms with van der Waals surface area (Å²) in [5.41, 5.74) is 1.50. The number of rotatable bonds is 0. The Morgan fingerprint density at radius 1 is 1.43 bits per heavy atom. The molecule has 1 aromatic rings. The zero-order chi connectivity index (χ0) is 10.8. The van der Waals surface area contributed by atoms with Crippen LogP contribution in [0.2, 0.25) is 0 Å². The summed E-state index contributed by atoms with van der Waals surface area (Å²) in [5.74, 6) is 0. The van der Waals surface area contributed by atoms with E-state index in [1.165, 1.54) is 5.56 Å². The van der Waals surface area contributed by atoms with Gasteiger partial charge in [-0.15, -0.1) is 0 Å². The zero-order valence-electron chi connectivity index (χ0n) is 8.84. The number of aromatic nitrogens is 1. The molecule has 2 nitrogen and oxygen atoms in total. The highest BCUT2D eigenvalue weighted by Gasteiger charge is 2.33. The van der Waals surface area contributed by atoms with Crippen molar-refractivity contribution in [2.75, 3.05) is 0 Å². The Hall–Kier alpha value is -0.410. The number of nitrogens with zero attached hydrogens (tertiary/aromatic N) is 1. The molecule has 2 rings (SSSR count). The summed E-state index contributed by atoms with van der Waals surface area (Å²) in [7, 11) is 0. The fraction of sp³-hybridized carbons (Fsp3) is 0.545. The predicted octanol–water partition coefficient (Wildman–Crippen LogP) is 3.02. The number of fused-ring (bicyclic) bond motifs is 1. The van der Waals surface area contributed by atoms with Gasteiger partial charge in [-0.2, -0.15) is 0 Å². The Kier molecular flexibility index (Phi) is 3.67. The van der Waals surface area contributed by atoms with E-state index in [-0.39, 0.29) is 0 Å². The summed E-state index contributed by atoms with van der Waals surface area (Å²) in [5, 5.41) is 9.91. The molecule has 1 aliphatic carbocycles. The van der Waals surface area contributed by atoms with Gasteiger partial charge in [0.25, 0.3) is 0 Å². The Morgan fingerprint density at radius 2 is 2.07 bits per heavy atom. The summed E-state index contributed by atoms with van der Waals surface area (Å²) in [4.78, 5) is 4.04. The van der Waals surface area contributed by atoms with Gasteiger partial charge in [0.1, 0.15) is 0 Å². The minimum atomic E-state index is -0.674. The van der Waals surface area contributed by atoms with E-state index < -0.39 is 5.60 Å². The van der Waals surface area contributed by atoms with Gasteiger partial charge in [0, 0.05) is 22.4 Å². The number of pyridine rings is 1. The van der Waals surface area contributed by atoms with Gasteiger partial charge in [0.05, 0.1) is 5.60 Å². The van der Waals surface area contributed by atoms with Gasteiger partial charge in [-0.3, -0.25) is 4.98 Å². The summed E-state index contributed by atoms with van der Waals surface area (Å²) in [6.07, 6.45) is 5.27. The van der Waals surface area contributed by atoms with Crippen LogP contribution in [-0.4, -0.2) is 10.1 Å². The van der Waals surface area contributed by atoms with Crippen LogP contribution in [0.3, 0.4) is 0 Å². The molecule has 14 heavy (non-hydrogen) atoms. The largest absolute Gasteiger partial charge is 0.385 e. The van der Waals surface area contributed by atoms with Crippen molar-refractivity contribution < 1.29 is 5.11 Å². The van der Waals surface area contributed by atoms with E-state index in [0.29, 0.717) is 0 Å². The van der Waals surface area contributed by atoms with Gasteiger partial charge in [-0.1, -0.05) is 13.8 Å². The molecular weight excluding hydrogens is 242 g/mol. The maximum Gasteiger partial charge on any atom is 0.0889 e. The van der Waals surface area contributed by atoms with Crippen LogP contribution in [-0.2, 0) is 12.0 Å². The normalized spacial score (nSPS) is 23.8. The van der Waals surface area contributed by atoms with Crippen LogP contribution in [0.1, 0.15) is 38.3 Å². The highest BCUT2D eigenvalue weighted by Crippen LogP contribution is 2.38. The van der Waals surface area contributed by atoms with Crippen molar-refractivity contribution in [3.05, 3.63) is 28.0 Å². The second-order valence-electron chi connectivity index (χ2n) is 3.42. The minimum absolute atomic E-state index is 0.674. The number of hydrogen-bond acceptors (Lipinski definition) is 2. The van der Waals surface area contributed by atoms with Crippen molar-refractivity contribution in [2.45, 2.75) is 39.2 Å². The van der Waals surface area contributed by atoms with Gasteiger partial charge >= 0.3 is 0 Å². The minimum Gasteiger partial charge on any atom is -0.385 e. The fourth-order valence-electron chi connectivity index (χ4n) is 1.68. The van der Waals surface area contributed by atoms with E-state index in [2.05, 4.69) is 20.9 Å². The van der Waals surface area contributed by atoms with Crippen molar-refractivity contribution >= 4 is 15.9 Å². The molecule has 0 fully saturated rings. The third kappa shape index (κ3) is 1.98. The Labute approximate surface area is 93.5 Å². The molecule has 0 aromatic carbocycles. The molecule has 0 radical (unpaired) electrons. The van der Waals surface area contributed by atoms with E-state index in [0.717, 1.165) is 22.9 Å². The topological polar surface area (TPSA) is 33.1 Å². The first-order valence-corrected chi connectivity index (χ1v) is 5.76. The van der Waals surface area contributed by atoms with Crippen molar-refractivity contribution in [2.24, 2.45) is 0 Å². The van der Waals surface area contributed by atoms with Gasteiger partial charge in [-0.25, -0.2) is 0 Å². The molecule has 1 unspecified atom stereocenters. The predicted molar refractivity (Wildman–Crippen MR) is 61.2 cm³/mol. The first-order chi connectivity index (χ1) is 6.61. The van der Waals surface area contributed by atoms with Crippen molar-refractivity contribution in [1.82, 2.24) is 4.98 Å². The van der Waals surface area contributed by atoms with Crippen LogP contribution in [0, 0.1) is 0 Å². The Morgan fingerprint density at radius 3 is 2.64 bits per heavy atom. The van der Waals surface area contributed by atoms with Gasteiger partial charge in [0.2, 0.25) is 0 Å². The SMILES string of the molecule is CC.CC1(O)CCc2c(Br)cncc21. The van der Waals surface area contributed by atoms with Crippen molar-refractivity contribution in [3.8, 4) is 0 Å². The van der Waals surface area contributed by atoms with Crippen LogP contribution in [0.5, 0.6) is 0 Å². The van der Waals surface area contributed by atoms with Crippen LogP contribution in [0.25, 0.3) is 0 Å². The molecule has 0 saturated carbocycles. The monoisotopic (exact) mass is 257 g/mol. The van der Waals surface area contributed by atoms with Crippen LogP contribution >= 0.6 is 15.9 Å². The van der Waals surface area contributed by atoms with Crippen LogP contribution in [0.4, 0.5) is 0 Å². The molecule has 0 spiro atoms. The van der Waals surface area contributed by atoms with Crippen molar-refractivity contribution in [1.29, 1.82) is 0 Å². The summed E-state index contributed by atoms with van der Waals surface area (Å²) in [6, 6.07) is 0. The quantitative estimate of drug-likeness (QED) is 0.775. The Bertz CT molecular complexity index is 323. The lowest BCUT2D eigenvalue weighted by molar-refractivity contribution is 0.0592. The molecule has 0 bridgehead atoms. The van der Waals surface area contributed by atoms with E-state index >= 15 is 0 Å². The van der Waals surface area contributed by atoms with E-state index in [4.69, 9.17) is 0 Å². The average molecular weight is 258 g/mol. The highest BCUT2D eigenvalue weighted by molar-refractivity contribution is 9.10. The molecule has 0 saturated heterocycles. The lowest BCUT2D eigenvalue weighted by Crippen LogP contribution is -2.16. The second kappa shape index (κ2) is 4.41. The maximum atomic E-state index is 9.91. The van der Waals surface area contributed by atoms with Gasteiger partial charge in [0.15, 0.2) is 0 Å². The van der Waals surface area contributed by atoms with Crippen molar-refractivity contribution in [3.63, 3.8) is 0 Å². The fourth-order valence-corrected chi connectivity index (χ4v) is 2.21. The first-order valence-electron chi connectivity index (χ1n) is 4.96. The second-order valence-corrected chi connectivity index (χ2v) is 4.28. The molecule has 1 N–H and O–H groups in total. The lowest BCUT2D eigenvalue weighted by Gasteiger charge is -2.16. The standard InChI is InChI=1S/C9H10BrNO.C2H6/c1-9(12)3-2-6-7(9)4-11-5-8(6)10;1-2/h4-5,12H,2-3H2,1H3;1-2H3. The molecule has 1 heterocycles. The molecule has 1 aliphatic rings. The lowest BCUT2D eigenvalue weighted by atomic mass is 10.0. The third-order valence-electron chi connectivity index (χ3n) is 2.45. The van der Waals surface area contributed by atoms with E-state index in [9.17, 15) is 5.11 Å². The van der Waals surface area contributed by atoms with E-state index in [1.54, 1.807) is 12.4 Å². The molecule has 0 aliphatic heterocycles. The summed E-state index contributed by atoms with van der Waals surface area (Å²) < 4.78 is 1.01. The summed E-state index contributed by atoms with van der Waals surface area (Å²) >= 11 is 3.43. The van der Waals surface area contributed by atoms with Gasteiger partial charge in [-0.05, 0) is 41.3 Å². The van der Waals surface area contributed by atoms with E-state index in [1.807, 2.05) is 20.8 Å². The van der Waals surface area contributed by atoms with Crippen LogP contribution in [0.15, 0.2) is 16.9 Å². The molecular formula is C11H16BrNO. The molecule has 3 heteroatoms. The number of aliphatic hydroxyl groups is 1. The smallest absolute Gasteiger partial charge is 0.0889 e. The molecule has 0 amide bonds.